The Bertz CT molecular complexity index is 496. The molecule has 0 aliphatic rings. The van der Waals surface area contributed by atoms with Crippen LogP contribution in [-0.2, 0) is 16.5 Å². The Balaban J connectivity index is 2.33. The highest BCUT2D eigenvalue weighted by atomic mass is 79.9. The SMILES string of the molecule is COC(c1cccc(Br)c1)c1csc(C[O])c1. The molecule has 0 fully saturated rings. The molecule has 0 spiro atoms. The number of methoxy groups -OCH3 is 1. The molecular weight excluding hydrogens is 300 g/mol. The minimum atomic E-state index is -0.167. The summed E-state index contributed by atoms with van der Waals surface area (Å²) >= 11 is 4.94. The molecule has 0 N–H and O–H groups in total. The summed E-state index contributed by atoms with van der Waals surface area (Å²) in [6, 6.07) is 9.93. The van der Waals surface area contributed by atoms with Crippen LogP contribution in [0.25, 0.3) is 0 Å². The van der Waals surface area contributed by atoms with Crippen molar-refractivity contribution in [1.82, 2.24) is 0 Å². The molecule has 1 unspecified atom stereocenters. The van der Waals surface area contributed by atoms with E-state index in [0.717, 1.165) is 20.5 Å². The molecule has 0 saturated carbocycles. The van der Waals surface area contributed by atoms with Gasteiger partial charge in [0, 0.05) is 16.5 Å². The lowest BCUT2D eigenvalue weighted by atomic mass is 10.0. The first kappa shape index (κ1) is 12.8. The summed E-state index contributed by atoms with van der Waals surface area (Å²) < 4.78 is 6.54. The lowest BCUT2D eigenvalue weighted by Crippen LogP contribution is -2.02. The number of halogens is 1. The van der Waals surface area contributed by atoms with Crippen LogP contribution in [0, 0.1) is 0 Å². The van der Waals surface area contributed by atoms with Crippen LogP contribution in [0.2, 0.25) is 0 Å². The van der Waals surface area contributed by atoms with Crippen LogP contribution in [0.5, 0.6) is 0 Å². The number of benzene rings is 1. The third-order valence-electron chi connectivity index (χ3n) is 2.51. The second-order valence-corrected chi connectivity index (χ2v) is 5.57. The number of thiophene rings is 1. The highest BCUT2D eigenvalue weighted by molar-refractivity contribution is 9.10. The first-order valence-electron chi connectivity index (χ1n) is 5.18. The van der Waals surface area contributed by atoms with Crippen LogP contribution in [0.4, 0.5) is 0 Å². The van der Waals surface area contributed by atoms with Crippen molar-refractivity contribution in [2.75, 3.05) is 7.11 Å². The van der Waals surface area contributed by atoms with Crippen molar-refractivity contribution in [1.29, 1.82) is 0 Å². The Morgan fingerprint density at radius 1 is 1.35 bits per heavy atom. The summed E-state index contributed by atoms with van der Waals surface area (Å²) in [6.07, 6.45) is -0.107. The largest absolute Gasteiger partial charge is 0.372 e. The molecule has 1 heterocycles. The lowest BCUT2D eigenvalue weighted by Gasteiger charge is -2.14. The molecule has 1 atom stereocenters. The van der Waals surface area contributed by atoms with Gasteiger partial charge in [-0.25, -0.2) is 5.11 Å². The molecule has 0 amide bonds. The van der Waals surface area contributed by atoms with E-state index in [0.29, 0.717) is 0 Å². The molecule has 0 bridgehead atoms. The Hall–Kier alpha value is -0.680. The van der Waals surface area contributed by atoms with Crippen molar-refractivity contribution >= 4 is 27.3 Å². The molecule has 89 valence electrons. The summed E-state index contributed by atoms with van der Waals surface area (Å²) in [5.41, 5.74) is 2.12. The average Bonchev–Trinajstić information content (AvgIpc) is 2.79. The predicted octanol–water partition coefficient (Wildman–Crippen LogP) is 4.18. The summed E-state index contributed by atoms with van der Waals surface area (Å²) in [7, 11) is 1.68. The standard InChI is InChI=1S/C13H12BrO2S/c1-16-13(9-3-2-4-11(14)5-9)10-6-12(7-15)17-8-10/h2-6,8,13H,7H2,1H3. The fourth-order valence-electron chi connectivity index (χ4n) is 1.75. The zero-order valence-electron chi connectivity index (χ0n) is 9.35. The van der Waals surface area contributed by atoms with Gasteiger partial charge in [0.15, 0.2) is 0 Å². The van der Waals surface area contributed by atoms with Crippen LogP contribution >= 0.6 is 27.3 Å². The van der Waals surface area contributed by atoms with Gasteiger partial charge in [-0.2, -0.15) is 0 Å². The van der Waals surface area contributed by atoms with Crippen LogP contribution in [-0.4, -0.2) is 7.11 Å². The van der Waals surface area contributed by atoms with Crippen molar-refractivity contribution in [3.05, 3.63) is 56.2 Å². The van der Waals surface area contributed by atoms with E-state index in [2.05, 4.69) is 15.9 Å². The van der Waals surface area contributed by atoms with E-state index in [1.807, 2.05) is 35.7 Å². The fourth-order valence-corrected chi connectivity index (χ4v) is 2.91. The third-order valence-corrected chi connectivity index (χ3v) is 3.93. The van der Waals surface area contributed by atoms with Crippen LogP contribution in [0.1, 0.15) is 22.1 Å². The zero-order chi connectivity index (χ0) is 12.3. The van der Waals surface area contributed by atoms with Gasteiger partial charge in [-0.1, -0.05) is 28.1 Å². The lowest BCUT2D eigenvalue weighted by molar-refractivity contribution is 0.136. The molecule has 17 heavy (non-hydrogen) atoms. The van der Waals surface area contributed by atoms with Gasteiger partial charge in [-0.05, 0) is 34.7 Å². The summed E-state index contributed by atoms with van der Waals surface area (Å²) in [5.74, 6) is 0. The molecule has 1 aromatic heterocycles. The van der Waals surface area contributed by atoms with E-state index in [1.165, 1.54) is 11.3 Å². The van der Waals surface area contributed by atoms with Gasteiger partial charge >= 0.3 is 0 Å². The van der Waals surface area contributed by atoms with E-state index in [9.17, 15) is 5.11 Å². The van der Waals surface area contributed by atoms with Crippen molar-refractivity contribution in [2.24, 2.45) is 0 Å². The van der Waals surface area contributed by atoms with Crippen LogP contribution in [0.3, 0.4) is 0 Å². The normalized spacial score (nSPS) is 12.6. The molecule has 0 saturated heterocycles. The minimum Gasteiger partial charge on any atom is -0.372 e. The molecule has 2 rings (SSSR count). The molecule has 0 aliphatic heterocycles. The monoisotopic (exact) mass is 311 g/mol. The van der Waals surface area contributed by atoms with Crippen LogP contribution in [0.15, 0.2) is 40.2 Å². The quantitative estimate of drug-likeness (QED) is 0.833. The zero-order valence-corrected chi connectivity index (χ0v) is 11.8. The molecule has 2 aromatic rings. The Kier molecular flexibility index (Phi) is 4.34. The second-order valence-electron chi connectivity index (χ2n) is 3.66. The number of rotatable bonds is 4. The second kappa shape index (κ2) is 5.78. The predicted molar refractivity (Wildman–Crippen MR) is 71.7 cm³/mol. The third kappa shape index (κ3) is 2.96. The Morgan fingerprint density at radius 3 is 2.76 bits per heavy atom. The highest BCUT2D eigenvalue weighted by Gasteiger charge is 2.15. The summed E-state index contributed by atoms with van der Waals surface area (Å²) in [4.78, 5) is 0.844. The minimum absolute atomic E-state index is 0.107. The van der Waals surface area contributed by atoms with E-state index in [4.69, 9.17) is 4.74 Å². The van der Waals surface area contributed by atoms with Crippen molar-refractivity contribution < 1.29 is 9.84 Å². The molecule has 1 radical (unpaired) electrons. The van der Waals surface area contributed by atoms with Gasteiger partial charge in [0.1, 0.15) is 12.7 Å². The van der Waals surface area contributed by atoms with Gasteiger partial charge in [-0.15, -0.1) is 11.3 Å². The van der Waals surface area contributed by atoms with Crippen LogP contribution < -0.4 is 0 Å². The van der Waals surface area contributed by atoms with Crippen molar-refractivity contribution in [3.8, 4) is 0 Å². The molecule has 4 heteroatoms. The fraction of sp³-hybridized carbons (Fsp3) is 0.231. The number of hydrogen-bond acceptors (Lipinski definition) is 2. The average molecular weight is 312 g/mol. The number of ether oxygens (including phenoxy) is 1. The molecular formula is C13H12BrO2S. The maximum absolute atomic E-state index is 10.8. The first-order chi connectivity index (χ1) is 8.24. The van der Waals surface area contributed by atoms with Gasteiger partial charge in [0.2, 0.25) is 0 Å². The Labute approximate surface area is 113 Å². The molecule has 1 aromatic carbocycles. The van der Waals surface area contributed by atoms with E-state index < -0.39 is 0 Å². The van der Waals surface area contributed by atoms with Gasteiger partial charge in [-0.3, -0.25) is 0 Å². The summed E-state index contributed by atoms with van der Waals surface area (Å²) in [5, 5.41) is 12.8. The smallest absolute Gasteiger partial charge is 0.116 e. The first-order valence-corrected chi connectivity index (χ1v) is 6.85. The van der Waals surface area contributed by atoms with Crippen molar-refractivity contribution in [3.63, 3.8) is 0 Å². The highest BCUT2D eigenvalue weighted by Crippen LogP contribution is 2.30. The number of hydrogen-bond donors (Lipinski definition) is 0. The van der Waals surface area contributed by atoms with Crippen molar-refractivity contribution in [2.45, 2.75) is 12.7 Å². The maximum Gasteiger partial charge on any atom is 0.116 e. The topological polar surface area (TPSA) is 29.1 Å². The van der Waals surface area contributed by atoms with E-state index in [1.54, 1.807) is 7.11 Å². The maximum atomic E-state index is 10.8. The van der Waals surface area contributed by atoms with Gasteiger partial charge in [0.25, 0.3) is 0 Å². The molecule has 0 aliphatic carbocycles. The Morgan fingerprint density at radius 2 is 2.18 bits per heavy atom. The van der Waals surface area contributed by atoms with Gasteiger partial charge in [0.05, 0.1) is 0 Å². The van der Waals surface area contributed by atoms with Gasteiger partial charge < -0.3 is 4.74 Å². The van der Waals surface area contributed by atoms with E-state index in [-0.39, 0.29) is 12.7 Å². The van der Waals surface area contributed by atoms with E-state index >= 15 is 0 Å². The molecule has 2 nitrogen and oxygen atoms in total. The summed E-state index contributed by atoms with van der Waals surface area (Å²) in [6.45, 7) is -0.167.